The van der Waals surface area contributed by atoms with Gasteiger partial charge in [-0.3, -0.25) is 0 Å². The summed E-state index contributed by atoms with van der Waals surface area (Å²) in [6, 6.07) is 12.3. The van der Waals surface area contributed by atoms with Crippen LogP contribution < -0.4 is 5.32 Å². The summed E-state index contributed by atoms with van der Waals surface area (Å²) in [5.74, 6) is -0.434. The molecule has 0 spiro atoms. The first kappa shape index (κ1) is 12.2. The lowest BCUT2D eigenvalue weighted by molar-refractivity contribution is 0.630. The van der Waals surface area contributed by atoms with Crippen LogP contribution in [0.3, 0.4) is 0 Å². The van der Waals surface area contributed by atoms with Crippen molar-refractivity contribution in [2.75, 3.05) is 5.32 Å². The van der Waals surface area contributed by atoms with Crippen LogP contribution in [0, 0.1) is 5.82 Å². The highest BCUT2D eigenvalue weighted by Crippen LogP contribution is 2.22. The molecule has 0 amide bonds. The molecular formula is C13H10Cl2FN. The van der Waals surface area contributed by atoms with Crippen LogP contribution in [0.2, 0.25) is 10.0 Å². The molecular weight excluding hydrogens is 260 g/mol. The van der Waals surface area contributed by atoms with Crippen molar-refractivity contribution >= 4 is 28.9 Å². The largest absolute Gasteiger partial charge is 0.379 e. The Balaban J connectivity index is 2.10. The van der Waals surface area contributed by atoms with Gasteiger partial charge in [-0.2, -0.15) is 0 Å². The second-order valence-corrected chi connectivity index (χ2v) is 4.43. The van der Waals surface area contributed by atoms with Gasteiger partial charge in [0.15, 0.2) is 5.82 Å². The normalized spacial score (nSPS) is 10.3. The SMILES string of the molecule is Fc1c(Cl)cccc1NCc1cccc(Cl)c1. The van der Waals surface area contributed by atoms with Crippen molar-refractivity contribution in [3.05, 3.63) is 63.9 Å². The Kier molecular flexibility index (Phi) is 3.87. The van der Waals surface area contributed by atoms with Gasteiger partial charge in [-0.15, -0.1) is 0 Å². The topological polar surface area (TPSA) is 12.0 Å². The van der Waals surface area contributed by atoms with Crippen molar-refractivity contribution in [2.45, 2.75) is 6.54 Å². The zero-order chi connectivity index (χ0) is 12.3. The van der Waals surface area contributed by atoms with Gasteiger partial charge in [-0.1, -0.05) is 41.4 Å². The number of rotatable bonds is 3. The zero-order valence-corrected chi connectivity index (χ0v) is 10.4. The number of hydrogen-bond donors (Lipinski definition) is 1. The van der Waals surface area contributed by atoms with Crippen molar-refractivity contribution in [2.24, 2.45) is 0 Å². The van der Waals surface area contributed by atoms with Gasteiger partial charge in [0, 0.05) is 11.6 Å². The maximum atomic E-state index is 13.6. The molecule has 0 aliphatic rings. The average molecular weight is 270 g/mol. The summed E-state index contributed by atoms with van der Waals surface area (Å²) in [5.41, 5.74) is 1.37. The van der Waals surface area contributed by atoms with Crippen LogP contribution in [0.1, 0.15) is 5.56 Å². The summed E-state index contributed by atoms with van der Waals surface area (Å²) < 4.78 is 13.6. The van der Waals surface area contributed by atoms with Crippen molar-refractivity contribution in [1.82, 2.24) is 0 Å². The smallest absolute Gasteiger partial charge is 0.164 e. The molecule has 0 aliphatic carbocycles. The Morgan fingerprint density at radius 2 is 1.82 bits per heavy atom. The van der Waals surface area contributed by atoms with Crippen molar-refractivity contribution in [3.63, 3.8) is 0 Å². The zero-order valence-electron chi connectivity index (χ0n) is 8.88. The van der Waals surface area contributed by atoms with Crippen molar-refractivity contribution < 1.29 is 4.39 Å². The molecule has 4 heteroatoms. The minimum Gasteiger partial charge on any atom is -0.379 e. The molecule has 0 heterocycles. The first-order valence-corrected chi connectivity index (χ1v) is 5.85. The Hall–Kier alpha value is -1.25. The van der Waals surface area contributed by atoms with E-state index in [-0.39, 0.29) is 5.02 Å². The molecule has 2 aromatic carbocycles. The highest BCUT2D eigenvalue weighted by atomic mass is 35.5. The van der Waals surface area contributed by atoms with Gasteiger partial charge in [0.1, 0.15) is 0 Å². The quantitative estimate of drug-likeness (QED) is 0.849. The van der Waals surface area contributed by atoms with Gasteiger partial charge in [-0.05, 0) is 29.8 Å². The maximum absolute atomic E-state index is 13.6. The monoisotopic (exact) mass is 269 g/mol. The third-order valence-corrected chi connectivity index (χ3v) is 2.85. The van der Waals surface area contributed by atoms with Crippen LogP contribution in [-0.4, -0.2) is 0 Å². The average Bonchev–Trinajstić information content (AvgIpc) is 2.31. The molecule has 2 aromatic rings. The van der Waals surface area contributed by atoms with Gasteiger partial charge in [0.05, 0.1) is 10.7 Å². The molecule has 0 atom stereocenters. The lowest BCUT2D eigenvalue weighted by atomic mass is 10.2. The first-order chi connectivity index (χ1) is 8.16. The highest BCUT2D eigenvalue weighted by molar-refractivity contribution is 6.31. The molecule has 1 nitrogen and oxygen atoms in total. The summed E-state index contributed by atoms with van der Waals surface area (Å²) in [6.45, 7) is 0.498. The molecule has 0 saturated heterocycles. The van der Waals surface area contributed by atoms with Crippen molar-refractivity contribution in [3.8, 4) is 0 Å². The summed E-state index contributed by atoms with van der Waals surface area (Å²) in [7, 11) is 0. The molecule has 0 aromatic heterocycles. The van der Waals surface area contributed by atoms with Gasteiger partial charge >= 0.3 is 0 Å². The predicted molar refractivity (Wildman–Crippen MR) is 70.2 cm³/mol. The molecule has 0 saturated carbocycles. The summed E-state index contributed by atoms with van der Waals surface area (Å²) >= 11 is 11.5. The van der Waals surface area contributed by atoms with E-state index in [1.807, 2.05) is 18.2 Å². The fourth-order valence-electron chi connectivity index (χ4n) is 1.48. The number of hydrogen-bond acceptors (Lipinski definition) is 1. The Morgan fingerprint density at radius 3 is 2.59 bits per heavy atom. The van der Waals surface area contributed by atoms with E-state index in [4.69, 9.17) is 23.2 Å². The van der Waals surface area contributed by atoms with Gasteiger partial charge in [0.2, 0.25) is 0 Å². The van der Waals surface area contributed by atoms with Crippen molar-refractivity contribution in [1.29, 1.82) is 0 Å². The van der Waals surface area contributed by atoms with E-state index < -0.39 is 5.82 Å². The van der Waals surface area contributed by atoms with Gasteiger partial charge < -0.3 is 5.32 Å². The second-order valence-electron chi connectivity index (χ2n) is 3.58. The van der Waals surface area contributed by atoms with E-state index in [0.29, 0.717) is 17.3 Å². The van der Waals surface area contributed by atoms with E-state index in [2.05, 4.69) is 5.32 Å². The minimum absolute atomic E-state index is 0.112. The standard InChI is InChI=1S/C13H10Cl2FN/c14-10-4-1-3-9(7-10)8-17-12-6-2-5-11(15)13(12)16/h1-7,17H,8H2. The van der Waals surface area contributed by atoms with E-state index >= 15 is 0 Å². The van der Waals surface area contributed by atoms with Crippen LogP contribution >= 0.6 is 23.2 Å². The van der Waals surface area contributed by atoms with Crippen LogP contribution in [0.15, 0.2) is 42.5 Å². The predicted octanol–water partition coefficient (Wildman–Crippen LogP) is 4.74. The Labute approximate surface area is 109 Å². The van der Waals surface area contributed by atoms with Crippen LogP contribution in [0.4, 0.5) is 10.1 Å². The third kappa shape index (κ3) is 3.11. The molecule has 88 valence electrons. The van der Waals surface area contributed by atoms with E-state index in [1.165, 1.54) is 6.07 Å². The number of anilines is 1. The lowest BCUT2D eigenvalue weighted by Crippen LogP contribution is -2.01. The molecule has 0 radical (unpaired) electrons. The fraction of sp³-hybridized carbons (Fsp3) is 0.0769. The fourth-order valence-corrected chi connectivity index (χ4v) is 1.87. The Morgan fingerprint density at radius 1 is 1.06 bits per heavy atom. The Bertz CT molecular complexity index is 529. The van der Waals surface area contributed by atoms with Gasteiger partial charge in [-0.25, -0.2) is 4.39 Å². The van der Waals surface area contributed by atoms with Crippen LogP contribution in [0.5, 0.6) is 0 Å². The number of nitrogens with one attached hydrogen (secondary N) is 1. The summed E-state index contributed by atoms with van der Waals surface area (Å²) in [5, 5.41) is 3.75. The molecule has 0 unspecified atom stereocenters. The maximum Gasteiger partial charge on any atom is 0.164 e. The van der Waals surface area contributed by atoms with E-state index in [1.54, 1.807) is 18.2 Å². The molecule has 0 bridgehead atoms. The summed E-state index contributed by atoms with van der Waals surface area (Å²) in [4.78, 5) is 0. The number of halogens is 3. The van der Waals surface area contributed by atoms with E-state index in [9.17, 15) is 4.39 Å². The lowest BCUT2D eigenvalue weighted by Gasteiger charge is -2.08. The molecule has 0 aliphatic heterocycles. The van der Waals surface area contributed by atoms with Crippen LogP contribution in [0.25, 0.3) is 0 Å². The molecule has 0 fully saturated rings. The minimum atomic E-state index is -0.434. The molecule has 2 rings (SSSR count). The molecule has 17 heavy (non-hydrogen) atoms. The highest BCUT2D eigenvalue weighted by Gasteiger charge is 2.05. The first-order valence-electron chi connectivity index (χ1n) is 5.09. The molecule has 1 N–H and O–H groups in total. The summed E-state index contributed by atoms with van der Waals surface area (Å²) in [6.07, 6.45) is 0. The number of benzene rings is 2. The third-order valence-electron chi connectivity index (χ3n) is 2.32. The van der Waals surface area contributed by atoms with Crippen LogP contribution in [-0.2, 0) is 6.54 Å². The van der Waals surface area contributed by atoms with E-state index in [0.717, 1.165) is 5.56 Å². The second kappa shape index (κ2) is 5.39. The van der Waals surface area contributed by atoms with Gasteiger partial charge in [0.25, 0.3) is 0 Å².